The first kappa shape index (κ1) is 80.8. The van der Waals surface area contributed by atoms with Crippen molar-refractivity contribution in [2.24, 2.45) is 66.9 Å². The molecule has 95 heavy (non-hydrogen) atoms. The second kappa shape index (κ2) is 42.1. The lowest BCUT2D eigenvalue weighted by Gasteiger charge is -2.31. The molecule has 1 aromatic rings. The SMILES string of the molecule is CSCC[C@@H]1NC(=O)[C@@H](NC(=O)[C@H](CCCN=C(N)N)NC(C)=O)CSSC[C@@H](C(N)=O)NC(=O)[C@@H]2CCCN2C(=O)[C@H](CCCN=C(N)N)NC(=O)[C@H](Cc2ccc(O)cc2)NC(=O)[C@H](C(C)C)NC(=O)[C@H](CCCN=C(N)N)NC(=O)CNC(=O)[C@H](CC(C)C)NC1=O. The Labute approximate surface area is 564 Å². The molecule has 1 aromatic carbocycles. The number of nitrogens with one attached hydrogen (secondary N) is 10. The molecule has 0 saturated carbocycles. The summed E-state index contributed by atoms with van der Waals surface area (Å²) >= 11 is 1.34. The molecule has 0 spiro atoms. The Morgan fingerprint density at radius 2 is 1.20 bits per heavy atom. The molecule has 530 valence electrons. The Hall–Kier alpha value is -8.48. The van der Waals surface area contributed by atoms with Crippen molar-refractivity contribution < 1.29 is 62.6 Å². The van der Waals surface area contributed by atoms with Crippen LogP contribution in [0.1, 0.15) is 104 Å². The van der Waals surface area contributed by atoms with Crippen molar-refractivity contribution in [3.05, 3.63) is 29.8 Å². The van der Waals surface area contributed by atoms with Crippen LogP contribution in [0.2, 0.25) is 0 Å². The van der Waals surface area contributed by atoms with Gasteiger partial charge in [0.25, 0.3) is 0 Å². The highest BCUT2D eigenvalue weighted by atomic mass is 33.1. The van der Waals surface area contributed by atoms with Gasteiger partial charge in [-0.2, -0.15) is 11.8 Å². The summed E-state index contributed by atoms with van der Waals surface area (Å²) in [5, 5.41) is 36.7. The van der Waals surface area contributed by atoms with E-state index in [-0.39, 0.29) is 131 Å². The lowest BCUT2D eigenvalue weighted by molar-refractivity contribution is -0.142. The van der Waals surface area contributed by atoms with Crippen molar-refractivity contribution in [3.8, 4) is 5.75 Å². The number of benzene rings is 1. The number of nitrogens with zero attached hydrogens (tertiary/aromatic N) is 4. The van der Waals surface area contributed by atoms with E-state index >= 15 is 0 Å². The summed E-state index contributed by atoms with van der Waals surface area (Å²) in [5.41, 5.74) is 39.6. The van der Waals surface area contributed by atoms with Gasteiger partial charge in [0.15, 0.2) is 17.9 Å². The Morgan fingerprint density at radius 3 is 1.78 bits per heavy atom. The number of aromatic hydroxyl groups is 1. The summed E-state index contributed by atoms with van der Waals surface area (Å²) in [4.78, 5) is 182. The monoisotopic (exact) mass is 1390 g/mol. The fraction of sp³-hybridized carbons (Fsp3) is 0.638. The zero-order valence-corrected chi connectivity index (χ0v) is 57.0. The second-order valence-electron chi connectivity index (χ2n) is 23.5. The number of carbonyl (C=O) groups excluding carboxylic acids is 12. The Morgan fingerprint density at radius 1 is 0.653 bits per heavy atom. The molecule has 2 heterocycles. The molecule has 0 aromatic heterocycles. The number of fused-ring (bicyclic) bond motifs is 1. The maximum absolute atomic E-state index is 14.8. The fourth-order valence-corrected chi connectivity index (χ4v) is 12.7. The zero-order valence-electron chi connectivity index (χ0n) is 54.6. The maximum atomic E-state index is 14.8. The number of phenols is 1. The van der Waals surface area contributed by atoms with Crippen molar-refractivity contribution in [2.75, 3.05) is 56.2 Å². The van der Waals surface area contributed by atoms with Crippen LogP contribution >= 0.6 is 33.3 Å². The molecule has 12 amide bonds. The van der Waals surface area contributed by atoms with Gasteiger partial charge in [0.05, 0.1) is 6.54 Å². The molecule has 2 fully saturated rings. The highest BCUT2D eigenvalue weighted by Crippen LogP contribution is 2.25. The van der Waals surface area contributed by atoms with Gasteiger partial charge in [-0.05, 0) is 106 Å². The van der Waals surface area contributed by atoms with Crippen molar-refractivity contribution in [1.29, 1.82) is 0 Å². The minimum Gasteiger partial charge on any atom is -0.508 e. The van der Waals surface area contributed by atoms with E-state index in [2.05, 4.69) is 68.1 Å². The van der Waals surface area contributed by atoms with Crippen LogP contribution in [-0.4, -0.2) is 215 Å². The van der Waals surface area contributed by atoms with Gasteiger partial charge >= 0.3 is 0 Å². The average molecular weight is 1390 g/mol. The summed E-state index contributed by atoms with van der Waals surface area (Å²) < 4.78 is 0. The number of primary amides is 1. The van der Waals surface area contributed by atoms with Gasteiger partial charge < -0.3 is 103 Å². The molecule has 10 atom stereocenters. The van der Waals surface area contributed by atoms with Crippen LogP contribution < -0.4 is 93.3 Å². The van der Waals surface area contributed by atoms with Crippen molar-refractivity contribution >= 4 is 122 Å². The van der Waals surface area contributed by atoms with Crippen LogP contribution in [0.15, 0.2) is 39.2 Å². The number of aliphatic imine (C=N–C) groups is 3. The van der Waals surface area contributed by atoms with Gasteiger partial charge in [-0.15, -0.1) is 0 Å². The van der Waals surface area contributed by atoms with E-state index in [1.54, 1.807) is 34.0 Å². The van der Waals surface area contributed by atoms with Crippen LogP contribution in [-0.2, 0) is 64.0 Å². The van der Waals surface area contributed by atoms with E-state index in [4.69, 9.17) is 40.1 Å². The number of guanidine groups is 3. The molecule has 2 aliphatic heterocycles. The Kier molecular flexibility index (Phi) is 35.8. The first-order valence-electron chi connectivity index (χ1n) is 31.1. The zero-order chi connectivity index (χ0) is 70.9. The summed E-state index contributed by atoms with van der Waals surface area (Å²) in [6, 6.07) is -7.74. The molecule has 34 nitrogen and oxygen atoms in total. The third kappa shape index (κ3) is 30.2. The van der Waals surface area contributed by atoms with E-state index in [1.807, 2.05) is 0 Å². The number of rotatable bonds is 24. The first-order valence-corrected chi connectivity index (χ1v) is 35.0. The minimum atomic E-state index is -1.48. The molecular weight excluding hydrogens is 1290 g/mol. The number of phenolic OH excluding ortho intramolecular Hbond substituents is 1. The lowest BCUT2D eigenvalue weighted by Crippen LogP contribution is -2.61. The van der Waals surface area contributed by atoms with Gasteiger partial charge in [-0.1, -0.05) is 61.4 Å². The Bertz CT molecular complexity index is 2880. The van der Waals surface area contributed by atoms with Gasteiger partial charge in [0, 0.05) is 51.0 Å². The normalized spacial score (nSPS) is 23.2. The lowest BCUT2D eigenvalue weighted by atomic mass is 9.99. The molecule has 25 N–H and O–H groups in total. The topological polar surface area (TPSA) is 568 Å². The number of amides is 12. The highest BCUT2D eigenvalue weighted by molar-refractivity contribution is 8.76. The summed E-state index contributed by atoms with van der Waals surface area (Å²) in [6.07, 6.45) is 2.34. The number of thioether (sulfide) groups is 1. The highest BCUT2D eigenvalue weighted by Gasteiger charge is 2.41. The van der Waals surface area contributed by atoms with Crippen LogP contribution in [0.5, 0.6) is 5.75 Å². The molecule has 3 rings (SSSR count). The molecule has 0 aliphatic carbocycles. The predicted molar refractivity (Wildman–Crippen MR) is 364 cm³/mol. The third-order valence-electron chi connectivity index (χ3n) is 14.7. The van der Waals surface area contributed by atoms with Crippen LogP contribution in [0.4, 0.5) is 0 Å². The summed E-state index contributed by atoms with van der Waals surface area (Å²) in [5.74, 6) is -11.6. The molecule has 0 unspecified atom stereocenters. The quantitative estimate of drug-likeness (QED) is 0.0199. The standard InChI is InChI=1S/C58H97N21O13S3/c1-30(2)25-39-47(84)69-27-44(82)71-36(12-8-21-67-57(62)63)50(87)78-45(31(3)4)54(91)75-40(26-33-15-17-34(81)18-16-33)51(88)73-38(13-9-22-68-58(64)65)55(92)79-23-10-14-43(79)53(90)76-41(46(59)83)28-94-95-29-42(52(89)72-37(19-24-93-6)49(86)74-39)77-48(85)35(70-32(5)80)11-7-20-66-56(60)61/h15-18,30-31,35-43,45,81H,7-14,19-29H2,1-6H3,(H2,59,83)(H,69,84)(H,70,80)(H,71,82)(H,72,89)(H,73,88)(H,74,86)(H,75,91)(H,76,90)(H,77,85)(H,78,87)(H4,60,61,66)(H4,62,63,67)(H4,64,65,68)/t35-,36-,37-,38-,39-,40-,41-,42-,43-,45-/m0/s1. The number of nitrogens with two attached hydrogens (primary N) is 7. The first-order chi connectivity index (χ1) is 44.9. The largest absolute Gasteiger partial charge is 0.508 e. The van der Waals surface area contributed by atoms with Gasteiger partial charge in [-0.25, -0.2) is 0 Å². The predicted octanol–water partition coefficient (Wildman–Crippen LogP) is -5.08. The molecule has 37 heteroatoms. The van der Waals surface area contributed by atoms with Gasteiger partial charge in [0.2, 0.25) is 70.9 Å². The van der Waals surface area contributed by atoms with Gasteiger partial charge in [0.1, 0.15) is 66.2 Å². The molecule has 2 aliphatic rings. The van der Waals surface area contributed by atoms with Crippen LogP contribution in [0, 0.1) is 11.8 Å². The average Bonchev–Trinajstić information content (AvgIpc) is 1.77. The maximum Gasteiger partial charge on any atom is 0.245 e. The summed E-state index contributed by atoms with van der Waals surface area (Å²) in [6.45, 7) is 7.42. The molecule has 0 bridgehead atoms. The smallest absolute Gasteiger partial charge is 0.245 e. The van der Waals surface area contributed by atoms with Crippen molar-refractivity contribution in [3.63, 3.8) is 0 Å². The second-order valence-corrected chi connectivity index (χ2v) is 27.0. The molecule has 0 radical (unpaired) electrons. The number of hydrogen-bond donors (Lipinski definition) is 18. The van der Waals surface area contributed by atoms with E-state index in [0.29, 0.717) is 17.7 Å². The third-order valence-corrected chi connectivity index (χ3v) is 17.8. The fourth-order valence-electron chi connectivity index (χ4n) is 9.89. The van der Waals surface area contributed by atoms with E-state index in [0.717, 1.165) is 21.6 Å². The van der Waals surface area contributed by atoms with E-state index in [9.17, 15) is 62.6 Å². The molecular formula is C58H97N21O13S3. The van der Waals surface area contributed by atoms with E-state index in [1.165, 1.54) is 47.9 Å². The van der Waals surface area contributed by atoms with Crippen molar-refractivity contribution in [2.45, 2.75) is 166 Å². The summed E-state index contributed by atoms with van der Waals surface area (Å²) in [7, 11) is 1.95. The Balaban J connectivity index is 2.22. The van der Waals surface area contributed by atoms with E-state index < -0.39 is 144 Å². The molecule has 2 saturated heterocycles. The van der Waals surface area contributed by atoms with Crippen LogP contribution in [0.25, 0.3) is 0 Å². The van der Waals surface area contributed by atoms with Crippen molar-refractivity contribution in [1.82, 2.24) is 58.1 Å². The number of carbonyl (C=O) groups is 12. The minimum absolute atomic E-state index is 0.0154. The van der Waals surface area contributed by atoms with Crippen LogP contribution in [0.3, 0.4) is 0 Å². The van der Waals surface area contributed by atoms with Gasteiger partial charge in [-0.3, -0.25) is 72.5 Å². The number of hydrogen-bond acceptors (Lipinski definition) is 19.